The van der Waals surface area contributed by atoms with Gasteiger partial charge in [0.05, 0.1) is 12.4 Å². The summed E-state index contributed by atoms with van der Waals surface area (Å²) in [5, 5.41) is 0.213. The minimum absolute atomic E-state index is 0.0428. The molecular weight excluding hydrogens is 731 g/mol. The molecule has 0 bridgehead atoms. The van der Waals surface area contributed by atoms with E-state index >= 15 is 0 Å². The highest BCUT2D eigenvalue weighted by atomic mass is 28.4. The number of nitrogens with zero attached hydrogens (tertiary/aromatic N) is 3. The highest BCUT2D eigenvalue weighted by Crippen LogP contribution is 2.38. The summed E-state index contributed by atoms with van der Waals surface area (Å²) in [6.45, 7) is 23.1. The van der Waals surface area contributed by atoms with Crippen molar-refractivity contribution < 1.29 is 14.0 Å². The Balaban J connectivity index is 2.62. The second-order valence-electron chi connectivity index (χ2n) is 19.7. The fourth-order valence-electron chi connectivity index (χ4n) is 8.07. The Morgan fingerprint density at radius 2 is 1.03 bits per heavy atom. The van der Waals surface area contributed by atoms with E-state index in [1.807, 2.05) is 12.5 Å². The molecule has 6 nitrogen and oxygen atoms in total. The van der Waals surface area contributed by atoms with Crippen LogP contribution in [0.2, 0.25) is 18.1 Å². The lowest BCUT2D eigenvalue weighted by Crippen LogP contribution is -2.47. The van der Waals surface area contributed by atoms with Crippen molar-refractivity contribution in [2.75, 3.05) is 19.6 Å². The van der Waals surface area contributed by atoms with Crippen LogP contribution in [0.3, 0.4) is 0 Å². The number of ether oxygens (including phenoxy) is 1. The zero-order valence-corrected chi connectivity index (χ0v) is 41.4. The molecule has 0 aliphatic heterocycles. The van der Waals surface area contributed by atoms with E-state index < -0.39 is 8.32 Å². The number of carbonyl (C=O) groups excluding carboxylic acids is 1. The van der Waals surface area contributed by atoms with E-state index in [1.54, 1.807) is 0 Å². The van der Waals surface area contributed by atoms with E-state index in [1.165, 1.54) is 167 Å². The lowest BCUT2D eigenvalue weighted by atomic mass is 10.0. The van der Waals surface area contributed by atoms with Crippen LogP contribution >= 0.6 is 0 Å². The minimum Gasteiger partial charge on any atom is -0.462 e. The van der Waals surface area contributed by atoms with Crippen LogP contribution in [-0.4, -0.2) is 60.6 Å². The van der Waals surface area contributed by atoms with Gasteiger partial charge in [-0.15, -0.1) is 0 Å². The molecule has 1 aromatic rings. The summed E-state index contributed by atoms with van der Waals surface area (Å²) in [6.07, 6.45) is 46.3. The average Bonchev–Trinajstić information content (AvgIpc) is 3.70. The summed E-state index contributed by atoms with van der Waals surface area (Å²) in [4.78, 5) is 20.0. The van der Waals surface area contributed by atoms with Crippen LogP contribution in [0.1, 0.15) is 247 Å². The monoisotopic (exact) mass is 832 g/mol. The molecule has 0 saturated heterocycles. The highest BCUT2D eigenvalue weighted by Gasteiger charge is 2.39. The molecule has 1 atom stereocenters. The summed E-state index contributed by atoms with van der Waals surface area (Å²) in [7, 11) is -1.88. The van der Waals surface area contributed by atoms with Gasteiger partial charge in [-0.25, -0.2) is 4.98 Å². The Kier molecular flexibility index (Phi) is 34.5. The number of carbonyl (C=O) groups is 1. The molecule has 7 heteroatoms. The topological polar surface area (TPSA) is 56.6 Å². The fourth-order valence-corrected chi connectivity index (χ4v) is 9.44. The summed E-state index contributed by atoms with van der Waals surface area (Å²) in [6, 6.07) is 0. The first-order chi connectivity index (χ1) is 28.0. The number of hydrogen-bond acceptors (Lipinski definition) is 5. The zero-order valence-electron chi connectivity index (χ0n) is 40.4. The quantitative estimate of drug-likeness (QED) is 0.0373. The van der Waals surface area contributed by atoms with E-state index in [-0.39, 0.29) is 17.1 Å². The number of hydrogen-bond donors (Lipinski definition) is 0. The van der Waals surface area contributed by atoms with Crippen molar-refractivity contribution in [3.63, 3.8) is 0 Å². The van der Waals surface area contributed by atoms with Gasteiger partial charge in [0.2, 0.25) is 0 Å². The van der Waals surface area contributed by atoms with E-state index in [9.17, 15) is 4.79 Å². The average molecular weight is 832 g/mol. The summed E-state index contributed by atoms with van der Waals surface area (Å²) in [5.41, 5.74) is 0. The summed E-state index contributed by atoms with van der Waals surface area (Å²) >= 11 is 0. The first-order valence-electron chi connectivity index (χ1n) is 25.6. The normalized spacial score (nSPS) is 12.9. The second-order valence-corrected chi connectivity index (χ2v) is 24.4. The van der Waals surface area contributed by atoms with Crippen LogP contribution in [0.25, 0.3) is 0 Å². The molecule has 0 spiro atoms. The van der Waals surface area contributed by atoms with Crippen LogP contribution in [0.4, 0.5) is 0 Å². The van der Waals surface area contributed by atoms with Gasteiger partial charge in [-0.2, -0.15) is 0 Å². The first kappa shape index (κ1) is 54.8. The third-order valence-corrected chi connectivity index (χ3v) is 17.5. The van der Waals surface area contributed by atoms with Crippen molar-refractivity contribution in [3.05, 3.63) is 18.7 Å². The van der Waals surface area contributed by atoms with Gasteiger partial charge in [-0.1, -0.05) is 189 Å². The number of unbranched alkanes of at least 4 members (excludes halogenated alkanes) is 23. The SMILES string of the molecule is CCCCCCCCCCCCC(CN(CCCCCCCC(=O)OC(CCCCCCCC)CCCCCCCC)CCCn1ccnc1)O[Si](C)(C)C(C)(C)C. The molecule has 0 aromatic carbocycles. The van der Waals surface area contributed by atoms with Gasteiger partial charge in [-0.3, -0.25) is 4.79 Å². The van der Waals surface area contributed by atoms with E-state index in [0.717, 1.165) is 58.3 Å². The van der Waals surface area contributed by atoms with Gasteiger partial charge in [0.15, 0.2) is 8.32 Å². The lowest BCUT2D eigenvalue weighted by Gasteiger charge is -2.40. The maximum absolute atomic E-state index is 13.0. The Hall–Kier alpha value is -1.18. The second kappa shape index (κ2) is 36.5. The van der Waals surface area contributed by atoms with Crippen molar-refractivity contribution in [3.8, 4) is 0 Å². The molecule has 0 saturated carbocycles. The molecular formula is C51H101N3O3Si. The highest BCUT2D eigenvalue weighted by molar-refractivity contribution is 6.74. The summed E-state index contributed by atoms with van der Waals surface area (Å²) in [5.74, 6) is 0.0428. The predicted octanol–water partition coefficient (Wildman–Crippen LogP) is 16.0. The Labute approximate surface area is 363 Å². The molecule has 1 heterocycles. The number of aromatic nitrogens is 2. The summed E-state index contributed by atoms with van der Waals surface area (Å²) < 4.78 is 15.5. The van der Waals surface area contributed by atoms with Gasteiger partial charge < -0.3 is 18.6 Å². The number of aryl methyl sites for hydroxylation is 1. The van der Waals surface area contributed by atoms with Crippen molar-refractivity contribution in [1.29, 1.82) is 0 Å². The number of esters is 1. The molecule has 342 valence electrons. The number of imidazole rings is 1. The molecule has 0 amide bonds. The molecule has 1 aromatic heterocycles. The van der Waals surface area contributed by atoms with Gasteiger partial charge >= 0.3 is 5.97 Å². The van der Waals surface area contributed by atoms with Crippen molar-refractivity contribution in [2.24, 2.45) is 0 Å². The van der Waals surface area contributed by atoms with Crippen LogP contribution in [0.5, 0.6) is 0 Å². The molecule has 1 rings (SSSR count). The smallest absolute Gasteiger partial charge is 0.306 e. The van der Waals surface area contributed by atoms with Gasteiger partial charge in [-0.05, 0) is 82.6 Å². The van der Waals surface area contributed by atoms with Crippen LogP contribution in [-0.2, 0) is 20.5 Å². The van der Waals surface area contributed by atoms with Gasteiger partial charge in [0, 0.05) is 31.9 Å². The van der Waals surface area contributed by atoms with Crippen molar-refractivity contribution in [1.82, 2.24) is 14.5 Å². The van der Waals surface area contributed by atoms with Crippen LogP contribution < -0.4 is 0 Å². The number of rotatable bonds is 42. The third kappa shape index (κ3) is 30.8. The maximum atomic E-state index is 13.0. The molecule has 0 fully saturated rings. The van der Waals surface area contributed by atoms with Crippen molar-refractivity contribution >= 4 is 14.3 Å². The largest absolute Gasteiger partial charge is 0.462 e. The Morgan fingerprint density at radius 3 is 1.50 bits per heavy atom. The zero-order chi connectivity index (χ0) is 42.6. The van der Waals surface area contributed by atoms with Gasteiger partial charge in [0.1, 0.15) is 6.10 Å². The Bertz CT molecular complexity index is 1010. The molecule has 0 aliphatic carbocycles. The standard InChI is InChI=1S/C51H101N3O3Si/c1-9-12-15-18-21-22-23-24-28-33-39-49(57-58(7,8)51(4,5)6)46-53(43-36-44-54-45-41-52-47-54)42-35-30-25-29-34-40-50(55)56-48(37-31-26-19-16-13-10-2)38-32-27-20-17-14-11-3/h41,45,47-49H,9-40,42-44,46H2,1-8H3. The van der Waals surface area contributed by atoms with Crippen LogP contribution in [0.15, 0.2) is 18.7 Å². The fraction of sp³-hybridized carbons (Fsp3) is 0.922. The molecule has 1 unspecified atom stereocenters. The lowest BCUT2D eigenvalue weighted by molar-refractivity contribution is -0.150. The minimum atomic E-state index is -1.88. The first-order valence-corrected chi connectivity index (χ1v) is 28.5. The Morgan fingerprint density at radius 1 is 0.603 bits per heavy atom. The van der Waals surface area contributed by atoms with E-state index in [4.69, 9.17) is 9.16 Å². The van der Waals surface area contributed by atoms with E-state index in [2.05, 4.69) is 75.3 Å². The van der Waals surface area contributed by atoms with Gasteiger partial charge in [0.25, 0.3) is 0 Å². The molecule has 0 radical (unpaired) electrons. The van der Waals surface area contributed by atoms with Crippen LogP contribution in [0, 0.1) is 0 Å². The molecule has 0 N–H and O–H groups in total. The van der Waals surface area contributed by atoms with E-state index in [0.29, 0.717) is 12.5 Å². The molecule has 58 heavy (non-hydrogen) atoms. The maximum Gasteiger partial charge on any atom is 0.306 e. The van der Waals surface area contributed by atoms with Crippen molar-refractivity contribution in [2.45, 2.75) is 284 Å². The predicted molar refractivity (Wildman–Crippen MR) is 255 cm³/mol. The third-order valence-electron chi connectivity index (χ3n) is 13.0. The molecule has 0 aliphatic rings.